The second kappa shape index (κ2) is 14.0. The van der Waals surface area contributed by atoms with E-state index in [1.165, 1.54) is 18.0 Å². The molecule has 0 fully saturated rings. The van der Waals surface area contributed by atoms with Gasteiger partial charge in [-0.15, -0.1) is 0 Å². The first-order chi connectivity index (χ1) is 20.1. The van der Waals surface area contributed by atoms with E-state index in [-0.39, 0.29) is 29.7 Å². The van der Waals surface area contributed by atoms with Crippen LogP contribution in [0.15, 0.2) is 102 Å². The molecule has 0 saturated heterocycles. The van der Waals surface area contributed by atoms with Crippen LogP contribution in [0.4, 0.5) is 0 Å². The summed E-state index contributed by atoms with van der Waals surface area (Å²) in [4.78, 5) is 29.2. The zero-order valence-electron chi connectivity index (χ0n) is 24.0. The first-order valence-electron chi connectivity index (χ1n) is 13.9. The van der Waals surface area contributed by atoms with Crippen molar-refractivity contribution in [3.63, 3.8) is 0 Å². The maximum atomic E-state index is 14.0. The standard InChI is InChI=1S/C33H36ClN3O4S/c1-24(2)21-35-33(39)31(19-25-11-5-4-6-12-25)37(22-28-15-9-10-16-30(28)34)32(38)23-36(3)42(40,41)29-18-17-26-13-7-8-14-27(26)20-29/h4-18,20,24,31H,19,21-23H2,1-3H3,(H,35,39)/t31-/m1/s1. The Balaban J connectivity index is 1.67. The van der Waals surface area contributed by atoms with Gasteiger partial charge in [-0.25, -0.2) is 8.42 Å². The van der Waals surface area contributed by atoms with Crippen molar-refractivity contribution in [1.29, 1.82) is 0 Å². The third kappa shape index (κ3) is 7.76. The molecule has 0 aliphatic carbocycles. The summed E-state index contributed by atoms with van der Waals surface area (Å²) in [5, 5.41) is 5.11. The molecule has 0 aromatic heterocycles. The van der Waals surface area contributed by atoms with Crippen molar-refractivity contribution in [2.75, 3.05) is 20.1 Å². The predicted octanol–water partition coefficient (Wildman–Crippen LogP) is 5.53. The second-order valence-corrected chi connectivity index (χ2v) is 13.2. The van der Waals surface area contributed by atoms with Crippen LogP contribution in [0, 0.1) is 5.92 Å². The highest BCUT2D eigenvalue weighted by Gasteiger charge is 2.33. The van der Waals surface area contributed by atoms with Crippen LogP contribution in [0.1, 0.15) is 25.0 Å². The van der Waals surface area contributed by atoms with E-state index in [0.29, 0.717) is 17.1 Å². The molecular weight excluding hydrogens is 570 g/mol. The summed E-state index contributed by atoms with van der Waals surface area (Å²) in [6.07, 6.45) is 0.252. The summed E-state index contributed by atoms with van der Waals surface area (Å²) < 4.78 is 28.2. The molecule has 0 aliphatic heterocycles. The minimum Gasteiger partial charge on any atom is -0.354 e. The van der Waals surface area contributed by atoms with Crippen LogP contribution in [0.2, 0.25) is 5.02 Å². The predicted molar refractivity (Wildman–Crippen MR) is 168 cm³/mol. The number of sulfonamides is 1. The van der Waals surface area contributed by atoms with E-state index in [0.717, 1.165) is 20.6 Å². The molecule has 4 aromatic rings. The van der Waals surface area contributed by atoms with Gasteiger partial charge in [-0.1, -0.05) is 104 Å². The maximum Gasteiger partial charge on any atom is 0.243 e. The molecule has 0 aliphatic rings. The fourth-order valence-corrected chi connectivity index (χ4v) is 6.01. The number of hydrogen-bond donors (Lipinski definition) is 1. The van der Waals surface area contributed by atoms with Gasteiger partial charge in [-0.2, -0.15) is 4.31 Å². The van der Waals surface area contributed by atoms with Crippen molar-refractivity contribution >= 4 is 44.2 Å². The molecule has 0 heterocycles. The fraction of sp³-hybridized carbons (Fsp3) is 0.273. The highest BCUT2D eigenvalue weighted by Crippen LogP contribution is 2.23. The Hall–Kier alpha value is -3.72. The van der Waals surface area contributed by atoms with E-state index in [9.17, 15) is 18.0 Å². The first kappa shape index (κ1) is 31.2. The molecule has 1 atom stereocenters. The number of fused-ring (bicyclic) bond motifs is 1. The number of likely N-dealkylation sites (N-methyl/N-ethyl adjacent to an activating group) is 1. The summed E-state index contributed by atoms with van der Waals surface area (Å²) >= 11 is 6.48. The van der Waals surface area contributed by atoms with Gasteiger partial charge in [0.15, 0.2) is 0 Å². The monoisotopic (exact) mass is 605 g/mol. The Morgan fingerprint density at radius 2 is 1.50 bits per heavy atom. The van der Waals surface area contributed by atoms with Gasteiger partial charge < -0.3 is 10.2 Å². The number of hydrogen-bond acceptors (Lipinski definition) is 4. The molecule has 4 aromatic carbocycles. The number of benzene rings is 4. The van der Waals surface area contributed by atoms with E-state index in [2.05, 4.69) is 5.32 Å². The smallest absolute Gasteiger partial charge is 0.243 e. The average Bonchev–Trinajstić information content (AvgIpc) is 2.98. The molecular formula is C33H36ClN3O4S. The first-order valence-corrected chi connectivity index (χ1v) is 15.7. The number of carbonyl (C=O) groups is 2. The minimum atomic E-state index is -4.01. The molecule has 0 spiro atoms. The van der Waals surface area contributed by atoms with Crippen molar-refractivity contribution in [3.8, 4) is 0 Å². The third-order valence-corrected chi connectivity index (χ3v) is 9.21. The summed E-state index contributed by atoms with van der Waals surface area (Å²) in [6, 6.07) is 28.0. The number of nitrogens with zero attached hydrogens (tertiary/aromatic N) is 2. The van der Waals surface area contributed by atoms with Gasteiger partial charge in [-0.05, 0) is 46.0 Å². The normalized spacial score (nSPS) is 12.4. The van der Waals surface area contributed by atoms with Crippen LogP contribution in [-0.2, 0) is 32.6 Å². The number of nitrogens with one attached hydrogen (secondary N) is 1. The fourth-order valence-electron chi connectivity index (χ4n) is 4.66. The zero-order valence-corrected chi connectivity index (χ0v) is 25.6. The Morgan fingerprint density at radius 3 is 2.19 bits per heavy atom. The van der Waals surface area contributed by atoms with Crippen molar-refractivity contribution < 1.29 is 18.0 Å². The van der Waals surface area contributed by atoms with Crippen LogP contribution in [0.3, 0.4) is 0 Å². The highest BCUT2D eigenvalue weighted by molar-refractivity contribution is 7.89. The van der Waals surface area contributed by atoms with E-state index in [1.54, 1.807) is 30.3 Å². The molecule has 220 valence electrons. The summed E-state index contributed by atoms with van der Waals surface area (Å²) in [7, 11) is -2.63. The number of carbonyl (C=O) groups excluding carboxylic acids is 2. The molecule has 9 heteroatoms. The summed E-state index contributed by atoms with van der Waals surface area (Å²) in [6.45, 7) is 4.00. The Kier molecular flexibility index (Phi) is 10.4. The van der Waals surface area contributed by atoms with Crippen LogP contribution < -0.4 is 5.32 Å². The highest BCUT2D eigenvalue weighted by atomic mass is 35.5. The van der Waals surface area contributed by atoms with Crippen LogP contribution >= 0.6 is 11.6 Å². The van der Waals surface area contributed by atoms with Crippen molar-refractivity contribution in [2.45, 2.75) is 37.8 Å². The van der Waals surface area contributed by atoms with Crippen LogP contribution in [-0.4, -0.2) is 55.6 Å². The average molecular weight is 606 g/mol. The van der Waals surface area contributed by atoms with Gasteiger partial charge in [-0.3, -0.25) is 9.59 Å². The van der Waals surface area contributed by atoms with E-state index in [1.807, 2.05) is 74.5 Å². The summed E-state index contributed by atoms with van der Waals surface area (Å²) in [5.41, 5.74) is 1.53. The van der Waals surface area contributed by atoms with Crippen LogP contribution in [0.25, 0.3) is 10.8 Å². The molecule has 0 radical (unpaired) electrons. The molecule has 42 heavy (non-hydrogen) atoms. The molecule has 0 saturated carbocycles. The lowest BCUT2D eigenvalue weighted by Crippen LogP contribution is -2.53. The topological polar surface area (TPSA) is 86.8 Å². The molecule has 4 rings (SSSR count). The number of halogens is 1. The quantitative estimate of drug-likeness (QED) is 0.230. The van der Waals surface area contributed by atoms with E-state index >= 15 is 0 Å². The number of amides is 2. The third-order valence-electron chi connectivity index (χ3n) is 7.04. The van der Waals surface area contributed by atoms with Crippen molar-refractivity contribution in [3.05, 3.63) is 113 Å². The Labute approximate surface area is 253 Å². The lowest BCUT2D eigenvalue weighted by molar-refractivity contribution is -0.141. The second-order valence-electron chi connectivity index (χ2n) is 10.7. The lowest BCUT2D eigenvalue weighted by atomic mass is 10.0. The Morgan fingerprint density at radius 1 is 0.857 bits per heavy atom. The maximum absolute atomic E-state index is 14.0. The molecule has 1 N–H and O–H groups in total. The van der Waals surface area contributed by atoms with E-state index < -0.39 is 28.5 Å². The van der Waals surface area contributed by atoms with Crippen molar-refractivity contribution in [1.82, 2.24) is 14.5 Å². The van der Waals surface area contributed by atoms with Crippen molar-refractivity contribution in [2.24, 2.45) is 5.92 Å². The van der Waals surface area contributed by atoms with Gasteiger partial charge in [0, 0.05) is 31.6 Å². The zero-order chi connectivity index (χ0) is 30.3. The SMILES string of the molecule is CC(C)CNC(=O)[C@@H](Cc1ccccc1)N(Cc1ccccc1Cl)C(=O)CN(C)S(=O)(=O)c1ccc2ccccc2c1. The molecule has 0 unspecified atom stereocenters. The number of rotatable bonds is 12. The summed E-state index contributed by atoms with van der Waals surface area (Å²) in [5.74, 6) is -0.618. The minimum absolute atomic E-state index is 0.0367. The van der Waals surface area contributed by atoms with Gasteiger partial charge in [0.05, 0.1) is 11.4 Å². The van der Waals surface area contributed by atoms with Gasteiger partial charge in [0.25, 0.3) is 0 Å². The molecule has 0 bridgehead atoms. The van der Waals surface area contributed by atoms with Gasteiger partial charge >= 0.3 is 0 Å². The van der Waals surface area contributed by atoms with Gasteiger partial charge in [0.1, 0.15) is 6.04 Å². The van der Waals surface area contributed by atoms with E-state index in [4.69, 9.17) is 11.6 Å². The largest absolute Gasteiger partial charge is 0.354 e. The molecule has 7 nitrogen and oxygen atoms in total. The van der Waals surface area contributed by atoms with Crippen LogP contribution in [0.5, 0.6) is 0 Å². The Bertz CT molecular complexity index is 1640. The molecule has 2 amide bonds. The lowest BCUT2D eigenvalue weighted by Gasteiger charge is -2.33. The van der Waals surface area contributed by atoms with Gasteiger partial charge in [0.2, 0.25) is 21.8 Å².